The molecular formula is C18H26O4. The highest BCUT2D eigenvalue weighted by molar-refractivity contribution is 5.92. The Morgan fingerprint density at radius 1 is 0.955 bits per heavy atom. The quantitative estimate of drug-likeness (QED) is 0.467. The molecule has 1 saturated heterocycles. The van der Waals surface area contributed by atoms with Gasteiger partial charge in [-0.15, -0.1) is 0 Å². The predicted octanol–water partition coefficient (Wildman–Crippen LogP) is 4.15. The maximum Gasteiger partial charge on any atom is 0.314 e. The summed E-state index contributed by atoms with van der Waals surface area (Å²) >= 11 is 0. The number of cyclic esters (lactones) is 2. The van der Waals surface area contributed by atoms with E-state index in [0.29, 0.717) is 5.75 Å². The SMILES string of the molecule is CCCCCCCCc1ccccc1O.O=C1CCC(=O)O1. The summed E-state index contributed by atoms with van der Waals surface area (Å²) in [4.78, 5) is 20.0. The van der Waals surface area contributed by atoms with Crippen molar-refractivity contribution >= 4 is 11.9 Å². The number of para-hydroxylation sites is 1. The van der Waals surface area contributed by atoms with Gasteiger partial charge >= 0.3 is 11.9 Å². The molecule has 0 aromatic heterocycles. The summed E-state index contributed by atoms with van der Waals surface area (Å²) in [5.41, 5.74) is 1.09. The summed E-state index contributed by atoms with van der Waals surface area (Å²) in [5.74, 6) is -0.346. The molecule has 4 nitrogen and oxygen atoms in total. The van der Waals surface area contributed by atoms with Crippen molar-refractivity contribution in [1.82, 2.24) is 0 Å². The number of aromatic hydroxyl groups is 1. The largest absolute Gasteiger partial charge is 0.508 e. The molecule has 22 heavy (non-hydrogen) atoms. The van der Waals surface area contributed by atoms with Gasteiger partial charge in [-0.2, -0.15) is 0 Å². The van der Waals surface area contributed by atoms with Gasteiger partial charge in [0.1, 0.15) is 5.75 Å². The molecule has 1 fully saturated rings. The number of ether oxygens (including phenoxy) is 1. The summed E-state index contributed by atoms with van der Waals surface area (Å²) in [5, 5.41) is 9.55. The van der Waals surface area contributed by atoms with Crippen LogP contribution >= 0.6 is 0 Å². The molecular weight excluding hydrogens is 280 g/mol. The van der Waals surface area contributed by atoms with Gasteiger partial charge in [0.15, 0.2) is 0 Å². The summed E-state index contributed by atoms with van der Waals surface area (Å²) in [6, 6.07) is 7.65. The van der Waals surface area contributed by atoms with Gasteiger partial charge in [-0.1, -0.05) is 57.2 Å². The molecule has 1 aromatic rings. The number of benzene rings is 1. The zero-order valence-electron chi connectivity index (χ0n) is 13.3. The Kier molecular flexibility index (Phi) is 8.96. The fourth-order valence-corrected chi connectivity index (χ4v) is 2.25. The Hall–Kier alpha value is -1.84. The topological polar surface area (TPSA) is 63.6 Å². The van der Waals surface area contributed by atoms with E-state index < -0.39 is 11.9 Å². The van der Waals surface area contributed by atoms with Gasteiger partial charge in [-0.3, -0.25) is 9.59 Å². The zero-order valence-corrected chi connectivity index (χ0v) is 13.3. The lowest BCUT2D eigenvalue weighted by atomic mass is 10.0. The summed E-state index contributed by atoms with van der Waals surface area (Å²) < 4.78 is 4.08. The maximum atomic E-state index is 10.0. The summed E-state index contributed by atoms with van der Waals surface area (Å²) in [6.07, 6.45) is 9.38. The highest BCUT2D eigenvalue weighted by atomic mass is 16.6. The number of phenols is 1. The number of phenolic OH excluding ortho intramolecular Hbond substituents is 1. The van der Waals surface area contributed by atoms with Crippen molar-refractivity contribution in [1.29, 1.82) is 0 Å². The molecule has 0 atom stereocenters. The van der Waals surface area contributed by atoms with Crippen LogP contribution in [0.4, 0.5) is 0 Å². The standard InChI is InChI=1S/C14H22O.C4H4O3/c1-2-3-4-5-6-7-10-13-11-8-9-12-14(13)15;5-3-1-2-4(6)7-3/h8-9,11-12,15H,2-7,10H2,1H3;1-2H2. The van der Waals surface area contributed by atoms with Crippen molar-refractivity contribution in [3.8, 4) is 5.75 Å². The van der Waals surface area contributed by atoms with Gasteiger partial charge < -0.3 is 9.84 Å². The van der Waals surface area contributed by atoms with Crippen LogP contribution in [0.5, 0.6) is 5.75 Å². The molecule has 0 unspecified atom stereocenters. The van der Waals surface area contributed by atoms with Crippen LogP contribution in [0.15, 0.2) is 24.3 Å². The highest BCUT2D eigenvalue weighted by Gasteiger charge is 2.19. The smallest absolute Gasteiger partial charge is 0.314 e. The predicted molar refractivity (Wildman–Crippen MR) is 85.5 cm³/mol. The van der Waals surface area contributed by atoms with E-state index in [9.17, 15) is 14.7 Å². The van der Waals surface area contributed by atoms with Crippen LogP contribution in [-0.2, 0) is 20.7 Å². The lowest BCUT2D eigenvalue weighted by Crippen LogP contribution is -1.94. The van der Waals surface area contributed by atoms with E-state index in [0.717, 1.165) is 12.0 Å². The second-order valence-corrected chi connectivity index (χ2v) is 5.49. The van der Waals surface area contributed by atoms with Crippen molar-refractivity contribution in [3.63, 3.8) is 0 Å². The van der Waals surface area contributed by atoms with Gasteiger partial charge in [-0.25, -0.2) is 0 Å². The fourth-order valence-electron chi connectivity index (χ4n) is 2.25. The van der Waals surface area contributed by atoms with Crippen LogP contribution in [0.2, 0.25) is 0 Å². The van der Waals surface area contributed by atoms with Crippen LogP contribution in [0.3, 0.4) is 0 Å². The van der Waals surface area contributed by atoms with Crippen molar-refractivity contribution in [2.75, 3.05) is 0 Å². The third-order valence-corrected chi connectivity index (χ3v) is 3.55. The molecule has 4 heteroatoms. The van der Waals surface area contributed by atoms with E-state index in [1.165, 1.54) is 38.5 Å². The maximum absolute atomic E-state index is 10.0. The molecule has 122 valence electrons. The van der Waals surface area contributed by atoms with Crippen molar-refractivity contribution in [2.45, 2.75) is 64.7 Å². The van der Waals surface area contributed by atoms with Crippen LogP contribution in [-0.4, -0.2) is 17.0 Å². The molecule has 1 aliphatic rings. The zero-order chi connectivity index (χ0) is 16.2. The molecule has 0 radical (unpaired) electrons. The first-order valence-electron chi connectivity index (χ1n) is 8.14. The first-order chi connectivity index (χ1) is 10.6. The number of unbranched alkanes of at least 4 members (excludes halogenated alkanes) is 5. The first-order valence-corrected chi connectivity index (χ1v) is 8.14. The minimum Gasteiger partial charge on any atom is -0.508 e. The molecule has 1 N–H and O–H groups in total. The van der Waals surface area contributed by atoms with Crippen LogP contribution in [0, 0.1) is 0 Å². The second-order valence-electron chi connectivity index (χ2n) is 5.49. The van der Waals surface area contributed by atoms with Gasteiger partial charge in [0.2, 0.25) is 0 Å². The number of carbonyl (C=O) groups is 2. The Labute approximate surface area is 132 Å². The van der Waals surface area contributed by atoms with Gasteiger partial charge in [0, 0.05) is 0 Å². The summed E-state index contributed by atoms with van der Waals surface area (Å²) in [7, 11) is 0. The Morgan fingerprint density at radius 2 is 1.55 bits per heavy atom. The number of carbonyl (C=O) groups excluding carboxylic acids is 2. The molecule has 2 rings (SSSR count). The van der Waals surface area contributed by atoms with Crippen LogP contribution in [0.25, 0.3) is 0 Å². The second kappa shape index (κ2) is 10.8. The number of hydrogen-bond acceptors (Lipinski definition) is 4. The molecule has 0 bridgehead atoms. The van der Waals surface area contributed by atoms with Gasteiger partial charge in [-0.05, 0) is 24.5 Å². The number of rotatable bonds is 7. The van der Waals surface area contributed by atoms with E-state index in [4.69, 9.17) is 0 Å². The van der Waals surface area contributed by atoms with E-state index in [2.05, 4.69) is 11.7 Å². The monoisotopic (exact) mass is 306 g/mol. The van der Waals surface area contributed by atoms with E-state index >= 15 is 0 Å². The fraction of sp³-hybridized carbons (Fsp3) is 0.556. The highest BCUT2D eigenvalue weighted by Crippen LogP contribution is 2.18. The van der Waals surface area contributed by atoms with Crippen molar-refractivity contribution in [2.24, 2.45) is 0 Å². The molecule has 1 aromatic carbocycles. The molecule has 0 saturated carbocycles. The average molecular weight is 306 g/mol. The first kappa shape index (κ1) is 18.2. The third-order valence-electron chi connectivity index (χ3n) is 3.55. The molecule has 0 aliphatic carbocycles. The minimum absolute atomic E-state index is 0.263. The average Bonchev–Trinajstić information content (AvgIpc) is 2.88. The normalized spacial score (nSPS) is 13.5. The summed E-state index contributed by atoms with van der Waals surface area (Å²) in [6.45, 7) is 2.24. The number of aryl methyl sites for hydroxylation is 1. The Morgan fingerprint density at radius 3 is 2.09 bits per heavy atom. The van der Waals surface area contributed by atoms with E-state index in [1.807, 2.05) is 18.2 Å². The van der Waals surface area contributed by atoms with Gasteiger partial charge in [0.25, 0.3) is 0 Å². The Balaban J connectivity index is 0.000000287. The van der Waals surface area contributed by atoms with Crippen molar-refractivity contribution < 1.29 is 19.4 Å². The van der Waals surface area contributed by atoms with Gasteiger partial charge in [0.05, 0.1) is 12.8 Å². The van der Waals surface area contributed by atoms with E-state index in [1.54, 1.807) is 6.07 Å². The van der Waals surface area contributed by atoms with E-state index in [-0.39, 0.29) is 12.8 Å². The molecule has 1 aliphatic heterocycles. The number of hydrogen-bond donors (Lipinski definition) is 1. The molecule has 0 amide bonds. The Bertz CT molecular complexity index is 454. The van der Waals surface area contributed by atoms with Crippen molar-refractivity contribution in [3.05, 3.63) is 29.8 Å². The number of esters is 2. The lowest BCUT2D eigenvalue weighted by Gasteiger charge is -2.03. The third kappa shape index (κ3) is 7.81. The molecule has 0 spiro atoms. The molecule has 1 heterocycles. The minimum atomic E-state index is -0.398. The van der Waals surface area contributed by atoms with Crippen LogP contribution < -0.4 is 0 Å². The lowest BCUT2D eigenvalue weighted by molar-refractivity contribution is -0.151. The van der Waals surface area contributed by atoms with Crippen LogP contribution in [0.1, 0.15) is 63.9 Å².